The van der Waals surface area contributed by atoms with Crippen LogP contribution >= 0.6 is 0 Å². The summed E-state index contributed by atoms with van der Waals surface area (Å²) >= 11 is 0. The molecule has 0 aliphatic heterocycles. The molecule has 12 heavy (non-hydrogen) atoms. The predicted octanol–water partition coefficient (Wildman–Crippen LogP) is 2.46. The number of hydrogen-bond donors (Lipinski definition) is 3. The smallest absolute Gasteiger partial charge is 0.0545 e. The molecular weight excluding hydrogens is 156 g/mol. The lowest BCUT2D eigenvalue weighted by atomic mass is 9.98. The van der Waals surface area contributed by atoms with Gasteiger partial charge in [-0.1, -0.05) is 27.7 Å². The van der Waals surface area contributed by atoms with E-state index in [1.807, 2.05) is 0 Å². The van der Waals surface area contributed by atoms with Crippen LogP contribution in [0.3, 0.4) is 0 Å². The Morgan fingerprint density at radius 2 is 1.08 bits per heavy atom. The summed E-state index contributed by atoms with van der Waals surface area (Å²) in [6, 6.07) is 0. The second-order valence-corrected chi connectivity index (χ2v) is 3.91. The fourth-order valence-corrected chi connectivity index (χ4v) is 1.18. The highest BCUT2D eigenvalue weighted by atomic mass is 17.0. The standard InChI is InChI=1S/C9H20O.H2O2/c1-7(2)5-9(10)6-8(3)4;1-2/h7-10H,5-6H2,1-4H3;1-2H. The van der Waals surface area contributed by atoms with E-state index >= 15 is 0 Å². The van der Waals surface area contributed by atoms with E-state index < -0.39 is 0 Å². The van der Waals surface area contributed by atoms with Crippen LogP contribution in [0.15, 0.2) is 0 Å². The lowest BCUT2D eigenvalue weighted by Gasteiger charge is -2.14. The molecule has 0 bridgehead atoms. The van der Waals surface area contributed by atoms with Crippen molar-refractivity contribution in [3.05, 3.63) is 0 Å². The molecule has 0 fully saturated rings. The van der Waals surface area contributed by atoms with Crippen LogP contribution < -0.4 is 0 Å². The summed E-state index contributed by atoms with van der Waals surface area (Å²) in [5.41, 5.74) is 0. The molecule has 0 heterocycles. The third kappa shape index (κ3) is 12.5. The molecule has 0 saturated heterocycles. The van der Waals surface area contributed by atoms with Crippen molar-refractivity contribution >= 4 is 0 Å². The van der Waals surface area contributed by atoms with Crippen LogP contribution in [0.4, 0.5) is 0 Å². The summed E-state index contributed by atoms with van der Waals surface area (Å²) in [5, 5.41) is 21.4. The predicted molar refractivity (Wildman–Crippen MR) is 50.2 cm³/mol. The SMILES string of the molecule is CC(C)CC(O)CC(C)C.OO. The molecule has 0 amide bonds. The summed E-state index contributed by atoms with van der Waals surface area (Å²) in [5.74, 6) is 1.24. The van der Waals surface area contributed by atoms with Crippen molar-refractivity contribution in [1.29, 1.82) is 0 Å². The number of rotatable bonds is 4. The van der Waals surface area contributed by atoms with Crippen molar-refractivity contribution in [3.8, 4) is 0 Å². The van der Waals surface area contributed by atoms with Gasteiger partial charge in [-0.2, -0.15) is 0 Å². The molecule has 0 aromatic carbocycles. The molecule has 0 aliphatic rings. The lowest BCUT2D eigenvalue weighted by molar-refractivity contribution is -0.176. The molecular formula is C9H22O3. The number of hydrogen-bond acceptors (Lipinski definition) is 3. The Morgan fingerprint density at radius 3 is 1.25 bits per heavy atom. The maximum absolute atomic E-state index is 9.39. The van der Waals surface area contributed by atoms with E-state index in [1.165, 1.54) is 0 Å². The van der Waals surface area contributed by atoms with Gasteiger partial charge in [0.2, 0.25) is 0 Å². The monoisotopic (exact) mass is 178 g/mol. The van der Waals surface area contributed by atoms with E-state index in [4.69, 9.17) is 10.5 Å². The minimum atomic E-state index is -0.0833. The first-order chi connectivity index (χ1) is 5.52. The summed E-state index contributed by atoms with van der Waals surface area (Å²) in [4.78, 5) is 0. The summed E-state index contributed by atoms with van der Waals surface area (Å²) in [6.07, 6.45) is 1.80. The Morgan fingerprint density at radius 1 is 0.833 bits per heavy atom. The Bertz CT molecular complexity index is 71.8. The Labute approximate surface area is 75.0 Å². The van der Waals surface area contributed by atoms with Gasteiger partial charge in [0.05, 0.1) is 6.10 Å². The van der Waals surface area contributed by atoms with E-state index in [0.29, 0.717) is 11.8 Å². The van der Waals surface area contributed by atoms with Gasteiger partial charge >= 0.3 is 0 Å². The van der Waals surface area contributed by atoms with Crippen LogP contribution in [0.1, 0.15) is 40.5 Å². The van der Waals surface area contributed by atoms with Gasteiger partial charge in [0.25, 0.3) is 0 Å². The van der Waals surface area contributed by atoms with Crippen LogP contribution in [0, 0.1) is 11.8 Å². The molecule has 0 unspecified atom stereocenters. The third-order valence-corrected chi connectivity index (χ3v) is 1.49. The first-order valence-corrected chi connectivity index (χ1v) is 4.40. The molecule has 0 aliphatic carbocycles. The molecule has 3 N–H and O–H groups in total. The Balaban J connectivity index is 0. The average Bonchev–Trinajstić information content (AvgIpc) is 1.87. The zero-order chi connectivity index (χ0) is 10.1. The average molecular weight is 178 g/mol. The normalized spacial score (nSPS) is 10.5. The van der Waals surface area contributed by atoms with Gasteiger partial charge in [-0.15, -0.1) is 0 Å². The molecule has 0 saturated carbocycles. The molecule has 0 radical (unpaired) electrons. The van der Waals surface area contributed by atoms with Crippen molar-refractivity contribution in [2.24, 2.45) is 11.8 Å². The van der Waals surface area contributed by atoms with E-state index in [-0.39, 0.29) is 6.10 Å². The van der Waals surface area contributed by atoms with E-state index in [2.05, 4.69) is 27.7 Å². The van der Waals surface area contributed by atoms with Gasteiger partial charge in [-0.3, -0.25) is 10.5 Å². The minimum Gasteiger partial charge on any atom is -0.393 e. The van der Waals surface area contributed by atoms with Crippen LogP contribution in [-0.4, -0.2) is 21.7 Å². The summed E-state index contributed by atoms with van der Waals surface area (Å²) < 4.78 is 0. The minimum absolute atomic E-state index is 0.0833. The largest absolute Gasteiger partial charge is 0.393 e. The van der Waals surface area contributed by atoms with Crippen LogP contribution in [-0.2, 0) is 0 Å². The molecule has 0 aromatic rings. The molecule has 0 aromatic heterocycles. The lowest BCUT2D eigenvalue weighted by Crippen LogP contribution is -2.12. The second-order valence-electron chi connectivity index (χ2n) is 3.91. The van der Waals surface area contributed by atoms with Gasteiger partial charge in [0.15, 0.2) is 0 Å². The van der Waals surface area contributed by atoms with Crippen molar-refractivity contribution in [2.45, 2.75) is 46.6 Å². The molecule has 0 atom stereocenters. The quantitative estimate of drug-likeness (QED) is 0.458. The zero-order valence-electron chi connectivity index (χ0n) is 8.49. The van der Waals surface area contributed by atoms with Crippen LogP contribution in [0.5, 0.6) is 0 Å². The maximum atomic E-state index is 9.39. The van der Waals surface area contributed by atoms with Crippen molar-refractivity contribution in [3.63, 3.8) is 0 Å². The van der Waals surface area contributed by atoms with Crippen LogP contribution in [0.25, 0.3) is 0 Å². The van der Waals surface area contributed by atoms with Gasteiger partial charge in [-0.25, -0.2) is 0 Å². The van der Waals surface area contributed by atoms with E-state index in [1.54, 1.807) is 0 Å². The molecule has 3 heteroatoms. The maximum Gasteiger partial charge on any atom is 0.0545 e. The molecule has 3 nitrogen and oxygen atoms in total. The highest BCUT2D eigenvalue weighted by molar-refractivity contribution is 4.60. The number of aliphatic hydroxyl groups excluding tert-OH is 1. The summed E-state index contributed by atoms with van der Waals surface area (Å²) in [6.45, 7) is 8.57. The summed E-state index contributed by atoms with van der Waals surface area (Å²) in [7, 11) is 0. The van der Waals surface area contributed by atoms with E-state index in [9.17, 15) is 5.11 Å². The molecule has 0 spiro atoms. The van der Waals surface area contributed by atoms with Crippen molar-refractivity contribution < 1.29 is 15.6 Å². The molecule has 76 valence electrons. The van der Waals surface area contributed by atoms with Crippen molar-refractivity contribution in [2.75, 3.05) is 0 Å². The first kappa shape index (κ1) is 14.4. The highest BCUT2D eigenvalue weighted by Gasteiger charge is 2.07. The van der Waals surface area contributed by atoms with Gasteiger partial charge in [0.1, 0.15) is 0 Å². The van der Waals surface area contributed by atoms with Crippen molar-refractivity contribution in [1.82, 2.24) is 0 Å². The topological polar surface area (TPSA) is 60.7 Å². The van der Waals surface area contributed by atoms with Gasteiger partial charge in [-0.05, 0) is 24.7 Å². The van der Waals surface area contributed by atoms with E-state index in [0.717, 1.165) is 12.8 Å². The molecule has 0 rings (SSSR count). The Kier molecular flexibility index (Phi) is 10.8. The third-order valence-electron chi connectivity index (χ3n) is 1.49. The fraction of sp³-hybridized carbons (Fsp3) is 1.00. The first-order valence-electron chi connectivity index (χ1n) is 4.40. The Hall–Kier alpha value is -0.120. The van der Waals surface area contributed by atoms with Gasteiger partial charge in [0, 0.05) is 0 Å². The number of aliphatic hydroxyl groups is 1. The van der Waals surface area contributed by atoms with Gasteiger partial charge < -0.3 is 5.11 Å². The highest BCUT2D eigenvalue weighted by Crippen LogP contribution is 2.12. The second kappa shape index (κ2) is 8.97. The van der Waals surface area contributed by atoms with Crippen LogP contribution in [0.2, 0.25) is 0 Å². The fourth-order valence-electron chi connectivity index (χ4n) is 1.18. The zero-order valence-corrected chi connectivity index (χ0v) is 8.49.